The van der Waals surface area contributed by atoms with E-state index in [-0.39, 0.29) is 41.4 Å². The SMILES string of the molecule is CCCCOc1cc(O)c2c(=O)c(OCCCC)c(-c3ccc(OCCCC)c(OCOC(=O)CC)c3)oc2c1. The number of benzene rings is 2. The summed E-state index contributed by atoms with van der Waals surface area (Å²) >= 11 is 0. The van der Waals surface area contributed by atoms with Gasteiger partial charge in [-0.05, 0) is 37.5 Å². The molecule has 0 aliphatic rings. The van der Waals surface area contributed by atoms with E-state index >= 15 is 0 Å². The second kappa shape index (κ2) is 15.6. The average Bonchev–Trinajstić information content (AvgIpc) is 2.94. The van der Waals surface area contributed by atoms with Crippen LogP contribution in [0.3, 0.4) is 0 Å². The molecule has 0 spiro atoms. The molecule has 40 heavy (non-hydrogen) atoms. The van der Waals surface area contributed by atoms with Gasteiger partial charge in [0, 0.05) is 24.1 Å². The zero-order valence-corrected chi connectivity index (χ0v) is 23.9. The minimum Gasteiger partial charge on any atom is -0.507 e. The Balaban J connectivity index is 2.11. The van der Waals surface area contributed by atoms with Gasteiger partial charge in [0.1, 0.15) is 22.5 Å². The van der Waals surface area contributed by atoms with E-state index in [1.807, 2.05) is 6.92 Å². The molecule has 1 aromatic heterocycles. The second-order valence-corrected chi connectivity index (χ2v) is 9.30. The molecule has 9 heteroatoms. The summed E-state index contributed by atoms with van der Waals surface area (Å²) in [6, 6.07) is 8.11. The van der Waals surface area contributed by atoms with E-state index in [1.54, 1.807) is 31.2 Å². The molecule has 2 aromatic carbocycles. The molecule has 218 valence electrons. The van der Waals surface area contributed by atoms with Crippen molar-refractivity contribution in [2.45, 2.75) is 72.6 Å². The Morgan fingerprint density at radius 2 is 1.50 bits per heavy atom. The van der Waals surface area contributed by atoms with Crippen LogP contribution in [0.15, 0.2) is 39.5 Å². The quantitative estimate of drug-likeness (QED) is 0.107. The van der Waals surface area contributed by atoms with Gasteiger partial charge in [0.2, 0.25) is 18.0 Å². The Bertz CT molecular complexity index is 1310. The molecule has 0 radical (unpaired) electrons. The topological polar surface area (TPSA) is 114 Å². The summed E-state index contributed by atoms with van der Waals surface area (Å²) in [7, 11) is 0. The first-order chi connectivity index (χ1) is 19.4. The highest BCUT2D eigenvalue weighted by Gasteiger charge is 2.22. The van der Waals surface area contributed by atoms with Crippen molar-refractivity contribution in [1.82, 2.24) is 0 Å². The van der Waals surface area contributed by atoms with E-state index in [0.717, 1.165) is 38.5 Å². The van der Waals surface area contributed by atoms with Gasteiger partial charge in [-0.15, -0.1) is 0 Å². The van der Waals surface area contributed by atoms with E-state index in [0.29, 0.717) is 42.6 Å². The van der Waals surface area contributed by atoms with Crippen LogP contribution in [0.1, 0.15) is 72.6 Å². The molecule has 0 aliphatic carbocycles. The lowest BCUT2D eigenvalue weighted by atomic mass is 10.1. The van der Waals surface area contributed by atoms with E-state index < -0.39 is 11.4 Å². The normalized spacial score (nSPS) is 10.9. The van der Waals surface area contributed by atoms with E-state index in [2.05, 4.69) is 13.8 Å². The number of hydrogen-bond acceptors (Lipinski definition) is 9. The molecule has 0 atom stereocenters. The monoisotopic (exact) mass is 556 g/mol. The first-order valence-electron chi connectivity index (χ1n) is 14.1. The number of phenolic OH excluding ortho intramolecular Hbond substituents is 1. The van der Waals surface area contributed by atoms with Gasteiger partial charge in [-0.2, -0.15) is 0 Å². The largest absolute Gasteiger partial charge is 0.507 e. The zero-order chi connectivity index (χ0) is 28.9. The second-order valence-electron chi connectivity index (χ2n) is 9.30. The Labute approximate surface area is 234 Å². The summed E-state index contributed by atoms with van der Waals surface area (Å²) in [6.07, 6.45) is 5.44. The predicted octanol–water partition coefficient (Wildman–Crippen LogP) is 6.99. The predicted molar refractivity (Wildman–Crippen MR) is 153 cm³/mol. The van der Waals surface area contributed by atoms with Gasteiger partial charge in [0.05, 0.1) is 19.8 Å². The average molecular weight is 557 g/mol. The third kappa shape index (κ3) is 8.07. The van der Waals surface area contributed by atoms with E-state index in [4.69, 9.17) is 28.1 Å². The number of phenols is 1. The molecule has 0 bridgehead atoms. The van der Waals surface area contributed by atoms with Crippen molar-refractivity contribution in [1.29, 1.82) is 0 Å². The van der Waals surface area contributed by atoms with Crippen molar-refractivity contribution in [3.05, 3.63) is 40.6 Å². The van der Waals surface area contributed by atoms with Crippen LogP contribution in [0.2, 0.25) is 0 Å². The Morgan fingerprint density at radius 3 is 2.17 bits per heavy atom. The van der Waals surface area contributed by atoms with Crippen molar-refractivity contribution in [2.24, 2.45) is 0 Å². The molecule has 1 N–H and O–H groups in total. The molecule has 0 fully saturated rings. The molecule has 0 aliphatic heterocycles. The van der Waals surface area contributed by atoms with Crippen LogP contribution in [0.4, 0.5) is 0 Å². The fraction of sp³-hybridized carbons (Fsp3) is 0.484. The summed E-state index contributed by atoms with van der Waals surface area (Å²) in [5, 5.41) is 10.7. The number of unbranched alkanes of at least 4 members (excludes halogenated alkanes) is 3. The maximum Gasteiger partial charge on any atom is 0.308 e. The number of aromatic hydroxyl groups is 1. The molecule has 3 aromatic rings. The molecule has 1 heterocycles. The summed E-state index contributed by atoms with van der Waals surface area (Å²) in [5.74, 6) is 0.700. The zero-order valence-electron chi connectivity index (χ0n) is 23.9. The van der Waals surface area contributed by atoms with Crippen LogP contribution in [0.5, 0.6) is 28.7 Å². The highest BCUT2D eigenvalue weighted by molar-refractivity contribution is 5.88. The van der Waals surface area contributed by atoms with Crippen molar-refractivity contribution >= 4 is 16.9 Å². The number of carbonyl (C=O) groups is 1. The Hall–Kier alpha value is -3.88. The molecular weight excluding hydrogens is 516 g/mol. The van der Waals surface area contributed by atoms with Crippen molar-refractivity contribution < 1.29 is 38.0 Å². The van der Waals surface area contributed by atoms with Gasteiger partial charge in [0.15, 0.2) is 17.3 Å². The van der Waals surface area contributed by atoms with Gasteiger partial charge < -0.3 is 33.2 Å². The van der Waals surface area contributed by atoms with Gasteiger partial charge in [-0.3, -0.25) is 9.59 Å². The van der Waals surface area contributed by atoms with Crippen LogP contribution in [0, 0.1) is 0 Å². The third-order valence-corrected chi connectivity index (χ3v) is 6.10. The maximum atomic E-state index is 13.6. The lowest BCUT2D eigenvalue weighted by molar-refractivity contribution is -0.149. The molecule has 0 amide bonds. The minimum atomic E-state index is -0.493. The molecule has 3 rings (SSSR count). The number of fused-ring (bicyclic) bond motifs is 1. The summed E-state index contributed by atoms with van der Waals surface area (Å²) in [6.45, 7) is 8.79. The fourth-order valence-corrected chi connectivity index (χ4v) is 3.78. The van der Waals surface area contributed by atoms with Crippen LogP contribution in [-0.4, -0.2) is 37.7 Å². The van der Waals surface area contributed by atoms with Crippen LogP contribution in [-0.2, 0) is 9.53 Å². The molecule has 9 nitrogen and oxygen atoms in total. The molecule has 0 saturated heterocycles. The van der Waals surface area contributed by atoms with E-state index in [9.17, 15) is 14.7 Å². The Kier molecular flexibility index (Phi) is 12.0. The smallest absolute Gasteiger partial charge is 0.308 e. The van der Waals surface area contributed by atoms with Gasteiger partial charge in [-0.25, -0.2) is 0 Å². The van der Waals surface area contributed by atoms with Gasteiger partial charge in [-0.1, -0.05) is 47.0 Å². The maximum absolute atomic E-state index is 13.6. The van der Waals surface area contributed by atoms with Crippen LogP contribution in [0.25, 0.3) is 22.3 Å². The first-order valence-corrected chi connectivity index (χ1v) is 14.1. The summed E-state index contributed by atoms with van der Waals surface area (Å²) < 4.78 is 34.7. The number of rotatable bonds is 17. The highest BCUT2D eigenvalue weighted by atomic mass is 16.7. The van der Waals surface area contributed by atoms with Crippen LogP contribution < -0.4 is 24.4 Å². The number of ether oxygens (including phenoxy) is 5. The van der Waals surface area contributed by atoms with E-state index in [1.165, 1.54) is 6.07 Å². The number of carbonyl (C=O) groups excluding carboxylic acids is 1. The lowest BCUT2D eigenvalue weighted by Crippen LogP contribution is -2.12. The highest BCUT2D eigenvalue weighted by Crippen LogP contribution is 2.39. The van der Waals surface area contributed by atoms with Crippen molar-refractivity contribution in [2.75, 3.05) is 26.6 Å². The lowest BCUT2D eigenvalue weighted by Gasteiger charge is -2.16. The summed E-state index contributed by atoms with van der Waals surface area (Å²) in [4.78, 5) is 25.2. The third-order valence-electron chi connectivity index (χ3n) is 6.10. The van der Waals surface area contributed by atoms with Crippen molar-refractivity contribution in [3.8, 4) is 40.1 Å². The number of hydrogen-bond donors (Lipinski definition) is 1. The molecule has 0 unspecified atom stereocenters. The van der Waals surface area contributed by atoms with Crippen molar-refractivity contribution in [3.63, 3.8) is 0 Å². The first kappa shape index (κ1) is 30.7. The van der Waals surface area contributed by atoms with Gasteiger partial charge >= 0.3 is 5.97 Å². The minimum absolute atomic E-state index is 0.0144. The summed E-state index contributed by atoms with van der Waals surface area (Å²) in [5.41, 5.74) is 0.159. The standard InChI is InChI=1S/C31H40O9/c1-5-9-14-35-22-18-23(32)28-26(19-22)40-30(31(29(28)34)37-16-11-7-3)21-12-13-24(36-15-10-6-2)25(17-21)38-20-39-27(33)8-4/h12-13,17-19,32H,5-11,14-16,20H2,1-4H3. The number of esters is 1. The molecule has 0 saturated carbocycles. The van der Waals surface area contributed by atoms with Gasteiger partial charge in [0.25, 0.3) is 0 Å². The van der Waals surface area contributed by atoms with Crippen LogP contribution >= 0.6 is 0 Å². The molecular formula is C31H40O9. The Morgan fingerprint density at radius 1 is 0.825 bits per heavy atom. The fourth-order valence-electron chi connectivity index (χ4n) is 3.78.